The number of carbonyl (C=O) groups excluding carboxylic acids is 1. The SMILES string of the molecule is C[C@H](NC(=O)c1ccc(C2(C)CCSC(N)=N2)cc1)C1CCCCC1. The van der Waals surface area contributed by atoms with Gasteiger partial charge < -0.3 is 11.1 Å². The fourth-order valence-electron chi connectivity index (χ4n) is 3.92. The lowest BCUT2D eigenvalue weighted by molar-refractivity contribution is 0.0919. The van der Waals surface area contributed by atoms with Gasteiger partial charge in [-0.25, -0.2) is 0 Å². The van der Waals surface area contributed by atoms with Gasteiger partial charge in [-0.15, -0.1) is 0 Å². The first-order valence-corrected chi connectivity index (χ1v) is 10.4. The number of rotatable bonds is 4. The Hall–Kier alpha value is -1.49. The lowest BCUT2D eigenvalue weighted by Gasteiger charge is -2.30. The number of benzene rings is 1. The van der Waals surface area contributed by atoms with Crippen molar-refractivity contribution in [2.45, 2.75) is 64.0 Å². The summed E-state index contributed by atoms with van der Waals surface area (Å²) in [6.07, 6.45) is 7.35. The predicted octanol–water partition coefficient (Wildman–Crippen LogP) is 4.05. The van der Waals surface area contributed by atoms with Crippen molar-refractivity contribution in [3.8, 4) is 0 Å². The van der Waals surface area contributed by atoms with Gasteiger partial charge in [0.15, 0.2) is 5.17 Å². The van der Waals surface area contributed by atoms with E-state index < -0.39 is 0 Å². The molecule has 1 unspecified atom stereocenters. The Labute approximate surface area is 155 Å². The van der Waals surface area contributed by atoms with Gasteiger partial charge in [0.25, 0.3) is 5.91 Å². The van der Waals surface area contributed by atoms with E-state index in [0.29, 0.717) is 11.1 Å². The Balaban J connectivity index is 1.65. The van der Waals surface area contributed by atoms with Crippen molar-refractivity contribution in [1.82, 2.24) is 5.32 Å². The molecule has 1 aliphatic heterocycles. The van der Waals surface area contributed by atoms with E-state index in [1.165, 1.54) is 32.1 Å². The number of hydrogen-bond donors (Lipinski definition) is 2. The Morgan fingerprint density at radius 3 is 2.60 bits per heavy atom. The number of amides is 1. The number of hydrogen-bond acceptors (Lipinski definition) is 4. The molecule has 3 N–H and O–H groups in total. The maximum atomic E-state index is 12.6. The second-order valence-electron chi connectivity index (χ2n) is 7.56. The first kappa shape index (κ1) is 18.3. The van der Waals surface area contributed by atoms with Gasteiger partial charge in [0, 0.05) is 17.4 Å². The van der Waals surface area contributed by atoms with Crippen LogP contribution in [-0.4, -0.2) is 22.9 Å². The van der Waals surface area contributed by atoms with Crippen LogP contribution in [0.15, 0.2) is 29.3 Å². The third-order valence-electron chi connectivity index (χ3n) is 5.68. The Kier molecular flexibility index (Phi) is 5.72. The third kappa shape index (κ3) is 4.38. The molecule has 0 aromatic heterocycles. The van der Waals surface area contributed by atoms with Crippen molar-refractivity contribution >= 4 is 22.8 Å². The van der Waals surface area contributed by atoms with E-state index in [4.69, 9.17) is 5.73 Å². The minimum absolute atomic E-state index is 0.0250. The molecule has 2 atom stereocenters. The molecular weight excluding hydrogens is 330 g/mol. The van der Waals surface area contributed by atoms with Gasteiger partial charge in [0.2, 0.25) is 0 Å². The van der Waals surface area contributed by atoms with E-state index >= 15 is 0 Å². The molecule has 25 heavy (non-hydrogen) atoms. The van der Waals surface area contributed by atoms with E-state index in [0.717, 1.165) is 23.3 Å². The summed E-state index contributed by atoms with van der Waals surface area (Å²) in [4.78, 5) is 17.2. The maximum absolute atomic E-state index is 12.6. The molecule has 0 radical (unpaired) electrons. The molecule has 0 spiro atoms. The van der Waals surface area contributed by atoms with E-state index in [2.05, 4.69) is 24.2 Å². The highest BCUT2D eigenvalue weighted by molar-refractivity contribution is 8.13. The topological polar surface area (TPSA) is 67.5 Å². The Morgan fingerprint density at radius 1 is 1.28 bits per heavy atom. The molecule has 1 amide bonds. The molecule has 3 rings (SSSR count). The number of carbonyl (C=O) groups is 1. The molecule has 1 aromatic rings. The van der Waals surface area contributed by atoms with E-state index in [9.17, 15) is 4.79 Å². The van der Waals surface area contributed by atoms with Crippen molar-refractivity contribution in [3.05, 3.63) is 35.4 Å². The van der Waals surface area contributed by atoms with Crippen LogP contribution in [0.1, 0.15) is 68.3 Å². The van der Waals surface area contributed by atoms with Crippen LogP contribution in [0.5, 0.6) is 0 Å². The Bertz CT molecular complexity index is 637. The van der Waals surface area contributed by atoms with Crippen LogP contribution in [0, 0.1) is 5.92 Å². The van der Waals surface area contributed by atoms with Gasteiger partial charge in [-0.2, -0.15) is 0 Å². The number of nitrogens with two attached hydrogens (primary N) is 1. The monoisotopic (exact) mass is 359 g/mol. The van der Waals surface area contributed by atoms with Crippen LogP contribution in [0.3, 0.4) is 0 Å². The van der Waals surface area contributed by atoms with Crippen LogP contribution in [0.2, 0.25) is 0 Å². The second-order valence-corrected chi connectivity index (χ2v) is 8.68. The zero-order chi connectivity index (χ0) is 17.9. The fourth-order valence-corrected chi connectivity index (χ4v) is 4.89. The molecule has 4 nitrogen and oxygen atoms in total. The molecule has 5 heteroatoms. The average molecular weight is 360 g/mol. The number of nitrogens with zero attached hydrogens (tertiary/aromatic N) is 1. The average Bonchev–Trinajstić information content (AvgIpc) is 2.62. The van der Waals surface area contributed by atoms with Crippen LogP contribution in [0.4, 0.5) is 0 Å². The first-order valence-electron chi connectivity index (χ1n) is 9.37. The largest absolute Gasteiger partial charge is 0.379 e. The van der Waals surface area contributed by atoms with Crippen molar-refractivity contribution in [3.63, 3.8) is 0 Å². The van der Waals surface area contributed by atoms with Gasteiger partial charge in [-0.05, 0) is 56.7 Å². The molecular formula is C20H29N3OS. The van der Waals surface area contributed by atoms with Crippen molar-refractivity contribution in [1.29, 1.82) is 0 Å². The maximum Gasteiger partial charge on any atom is 0.251 e. The number of amidine groups is 1. The van der Waals surface area contributed by atoms with Crippen LogP contribution >= 0.6 is 11.8 Å². The van der Waals surface area contributed by atoms with Gasteiger partial charge in [0.05, 0.1) is 5.54 Å². The molecule has 1 aliphatic carbocycles. The standard InChI is InChI=1S/C20H29N3OS/c1-14(15-6-4-3-5-7-15)22-18(24)16-8-10-17(11-9-16)20(2)12-13-25-19(21)23-20/h8-11,14-15H,3-7,12-13H2,1-2H3,(H2,21,23)(H,22,24)/t14-,20?/m0/s1. The summed E-state index contributed by atoms with van der Waals surface area (Å²) in [5.74, 6) is 1.62. The van der Waals surface area contributed by atoms with Crippen molar-refractivity contribution < 1.29 is 4.79 Å². The van der Waals surface area contributed by atoms with Crippen molar-refractivity contribution in [2.75, 3.05) is 5.75 Å². The summed E-state index contributed by atoms with van der Waals surface area (Å²) in [6, 6.07) is 8.11. The highest BCUT2D eigenvalue weighted by Crippen LogP contribution is 2.35. The predicted molar refractivity (Wildman–Crippen MR) is 106 cm³/mol. The minimum Gasteiger partial charge on any atom is -0.379 e. The van der Waals surface area contributed by atoms with Crippen molar-refractivity contribution in [2.24, 2.45) is 16.6 Å². The molecule has 1 aromatic carbocycles. The highest BCUT2D eigenvalue weighted by Gasteiger charge is 2.29. The normalized spacial score (nSPS) is 25.9. The lowest BCUT2D eigenvalue weighted by Crippen LogP contribution is -2.38. The quantitative estimate of drug-likeness (QED) is 0.852. The number of aliphatic imine (C=N–C) groups is 1. The van der Waals surface area contributed by atoms with E-state index in [-0.39, 0.29) is 17.5 Å². The summed E-state index contributed by atoms with van der Waals surface area (Å²) >= 11 is 1.61. The summed E-state index contributed by atoms with van der Waals surface area (Å²) in [5.41, 5.74) is 7.46. The van der Waals surface area contributed by atoms with Gasteiger partial charge >= 0.3 is 0 Å². The molecule has 0 saturated heterocycles. The first-order chi connectivity index (χ1) is 12.0. The molecule has 136 valence electrons. The summed E-state index contributed by atoms with van der Waals surface area (Å²) < 4.78 is 0. The zero-order valence-corrected chi connectivity index (χ0v) is 16.1. The highest BCUT2D eigenvalue weighted by atomic mass is 32.2. The lowest BCUT2D eigenvalue weighted by atomic mass is 9.84. The summed E-state index contributed by atoms with van der Waals surface area (Å²) in [5, 5.41) is 3.84. The molecule has 2 aliphatic rings. The minimum atomic E-state index is -0.278. The van der Waals surface area contributed by atoms with E-state index in [1.54, 1.807) is 11.8 Å². The summed E-state index contributed by atoms with van der Waals surface area (Å²) in [7, 11) is 0. The molecule has 1 fully saturated rings. The zero-order valence-electron chi connectivity index (χ0n) is 15.3. The molecule has 1 saturated carbocycles. The van der Waals surface area contributed by atoms with Gasteiger partial charge in [-0.1, -0.05) is 43.2 Å². The third-order valence-corrected chi connectivity index (χ3v) is 6.48. The number of nitrogens with one attached hydrogen (secondary N) is 1. The van der Waals surface area contributed by atoms with Crippen LogP contribution < -0.4 is 11.1 Å². The van der Waals surface area contributed by atoms with Crippen LogP contribution in [-0.2, 0) is 5.54 Å². The number of thioether (sulfide) groups is 1. The smallest absolute Gasteiger partial charge is 0.251 e. The molecule has 1 heterocycles. The molecule has 0 bridgehead atoms. The summed E-state index contributed by atoms with van der Waals surface area (Å²) in [6.45, 7) is 4.25. The second kappa shape index (κ2) is 7.81. The fraction of sp³-hybridized carbons (Fsp3) is 0.600. The Morgan fingerprint density at radius 2 is 1.96 bits per heavy atom. The van der Waals surface area contributed by atoms with E-state index in [1.807, 2.05) is 24.3 Å². The van der Waals surface area contributed by atoms with Gasteiger partial charge in [0.1, 0.15) is 0 Å². The van der Waals surface area contributed by atoms with Crippen LogP contribution in [0.25, 0.3) is 0 Å². The van der Waals surface area contributed by atoms with Gasteiger partial charge in [-0.3, -0.25) is 9.79 Å².